The van der Waals surface area contributed by atoms with Crippen molar-refractivity contribution in [1.29, 1.82) is 0 Å². The molecule has 1 N–H and O–H groups in total. The number of benzene rings is 1. The SMILES string of the molecule is Cc1ccc(NC(=O)c2nc(C(=O)N3CCCCC3)c3ccccn23)cc1Cl. The second-order valence-electron chi connectivity index (χ2n) is 7.01. The fourth-order valence-electron chi connectivity index (χ4n) is 3.46. The number of fused-ring (bicyclic) bond motifs is 1. The van der Waals surface area contributed by atoms with E-state index in [1.165, 1.54) is 0 Å². The van der Waals surface area contributed by atoms with Crippen LogP contribution in [0.3, 0.4) is 0 Å². The van der Waals surface area contributed by atoms with Crippen molar-refractivity contribution in [2.24, 2.45) is 0 Å². The molecule has 1 saturated heterocycles. The molecule has 2 aromatic heterocycles. The summed E-state index contributed by atoms with van der Waals surface area (Å²) in [6.07, 6.45) is 4.88. The summed E-state index contributed by atoms with van der Waals surface area (Å²) in [4.78, 5) is 32.1. The van der Waals surface area contributed by atoms with Gasteiger partial charge in [0.25, 0.3) is 11.8 Å². The van der Waals surface area contributed by atoms with Gasteiger partial charge in [-0.1, -0.05) is 23.7 Å². The maximum absolute atomic E-state index is 13.0. The highest BCUT2D eigenvalue weighted by Gasteiger charge is 2.26. The predicted octanol–water partition coefficient (Wildman–Crippen LogP) is 4.17. The van der Waals surface area contributed by atoms with E-state index < -0.39 is 0 Å². The average molecular weight is 397 g/mol. The molecule has 144 valence electrons. The highest BCUT2D eigenvalue weighted by Crippen LogP contribution is 2.22. The summed E-state index contributed by atoms with van der Waals surface area (Å²) >= 11 is 6.15. The fraction of sp³-hybridized carbons (Fsp3) is 0.286. The summed E-state index contributed by atoms with van der Waals surface area (Å²) in [6.45, 7) is 3.36. The van der Waals surface area contributed by atoms with Crippen LogP contribution < -0.4 is 5.32 Å². The number of hydrogen-bond acceptors (Lipinski definition) is 3. The molecule has 28 heavy (non-hydrogen) atoms. The number of likely N-dealkylation sites (tertiary alicyclic amines) is 1. The van der Waals surface area contributed by atoms with Gasteiger partial charge in [0, 0.05) is 30.0 Å². The summed E-state index contributed by atoms with van der Waals surface area (Å²) in [5, 5.41) is 3.39. The molecule has 0 spiro atoms. The third kappa shape index (κ3) is 3.47. The minimum atomic E-state index is -0.390. The van der Waals surface area contributed by atoms with Gasteiger partial charge in [0.1, 0.15) is 0 Å². The van der Waals surface area contributed by atoms with Crippen LogP contribution in [0.25, 0.3) is 5.52 Å². The van der Waals surface area contributed by atoms with Gasteiger partial charge in [0.2, 0.25) is 5.82 Å². The number of nitrogens with zero attached hydrogens (tertiary/aromatic N) is 3. The largest absolute Gasteiger partial charge is 0.337 e. The van der Waals surface area contributed by atoms with Crippen molar-refractivity contribution < 1.29 is 9.59 Å². The van der Waals surface area contributed by atoms with Gasteiger partial charge in [0.05, 0.1) is 5.52 Å². The highest BCUT2D eigenvalue weighted by atomic mass is 35.5. The van der Waals surface area contributed by atoms with Crippen LogP contribution in [0.1, 0.15) is 45.9 Å². The van der Waals surface area contributed by atoms with Crippen molar-refractivity contribution in [3.63, 3.8) is 0 Å². The Kier molecular flexibility index (Phi) is 5.05. The van der Waals surface area contributed by atoms with Crippen LogP contribution in [-0.4, -0.2) is 39.2 Å². The smallest absolute Gasteiger partial charge is 0.292 e. The Morgan fingerprint density at radius 2 is 1.89 bits per heavy atom. The van der Waals surface area contributed by atoms with Crippen molar-refractivity contribution >= 4 is 34.6 Å². The maximum atomic E-state index is 13.0. The first kappa shape index (κ1) is 18.5. The Morgan fingerprint density at radius 1 is 1.11 bits per heavy atom. The summed E-state index contributed by atoms with van der Waals surface area (Å²) in [5.74, 6) is -0.340. The lowest BCUT2D eigenvalue weighted by molar-refractivity contribution is 0.0721. The molecule has 0 radical (unpaired) electrons. The number of carbonyl (C=O) groups is 2. The first-order chi connectivity index (χ1) is 13.5. The molecule has 3 aromatic rings. The van der Waals surface area contributed by atoms with Crippen LogP contribution in [-0.2, 0) is 0 Å². The van der Waals surface area contributed by atoms with Gasteiger partial charge >= 0.3 is 0 Å². The van der Waals surface area contributed by atoms with Crippen LogP contribution >= 0.6 is 11.6 Å². The van der Waals surface area contributed by atoms with E-state index >= 15 is 0 Å². The van der Waals surface area contributed by atoms with Gasteiger partial charge in [-0.25, -0.2) is 4.98 Å². The van der Waals surface area contributed by atoms with E-state index in [0.717, 1.165) is 37.9 Å². The number of anilines is 1. The summed E-state index contributed by atoms with van der Waals surface area (Å²) < 4.78 is 1.66. The number of nitrogens with one attached hydrogen (secondary N) is 1. The number of hydrogen-bond donors (Lipinski definition) is 1. The van der Waals surface area contributed by atoms with Crippen molar-refractivity contribution in [1.82, 2.24) is 14.3 Å². The summed E-state index contributed by atoms with van der Waals surface area (Å²) in [7, 11) is 0. The van der Waals surface area contributed by atoms with Crippen molar-refractivity contribution in [2.75, 3.05) is 18.4 Å². The Hall–Kier alpha value is -2.86. The van der Waals surface area contributed by atoms with Gasteiger partial charge < -0.3 is 10.2 Å². The standard InChI is InChI=1S/C21H21ClN4O2/c1-14-8-9-15(13-16(14)22)23-20(27)19-24-18(17-7-3-6-12-26(17)19)21(28)25-10-4-2-5-11-25/h3,6-9,12-13H,2,4-5,10-11H2,1H3,(H,23,27). The Bertz CT molecular complexity index is 1050. The molecule has 0 saturated carbocycles. The molecular weight excluding hydrogens is 376 g/mol. The normalized spacial score (nSPS) is 14.3. The lowest BCUT2D eigenvalue weighted by Gasteiger charge is -2.25. The number of piperidine rings is 1. The maximum Gasteiger partial charge on any atom is 0.292 e. The first-order valence-electron chi connectivity index (χ1n) is 9.38. The molecular formula is C21H21ClN4O2. The molecule has 0 unspecified atom stereocenters. The number of rotatable bonds is 3. The van der Waals surface area contributed by atoms with E-state index in [9.17, 15) is 9.59 Å². The quantitative estimate of drug-likeness (QED) is 0.722. The predicted molar refractivity (Wildman–Crippen MR) is 109 cm³/mol. The Morgan fingerprint density at radius 3 is 2.64 bits per heavy atom. The topological polar surface area (TPSA) is 66.7 Å². The van der Waals surface area contributed by atoms with Crippen molar-refractivity contribution in [2.45, 2.75) is 26.2 Å². The molecule has 2 amide bonds. The fourth-order valence-corrected chi connectivity index (χ4v) is 3.64. The highest BCUT2D eigenvalue weighted by molar-refractivity contribution is 6.31. The average Bonchev–Trinajstić information content (AvgIpc) is 3.11. The van der Waals surface area contributed by atoms with Gasteiger partial charge in [-0.05, 0) is 56.0 Å². The zero-order valence-corrected chi connectivity index (χ0v) is 16.4. The molecule has 0 atom stereocenters. The molecule has 1 fully saturated rings. The number of aryl methyl sites for hydroxylation is 1. The van der Waals surface area contributed by atoms with Crippen molar-refractivity contribution in [3.8, 4) is 0 Å². The number of halogens is 1. The van der Waals surface area contributed by atoms with E-state index in [-0.39, 0.29) is 17.6 Å². The van der Waals surface area contributed by atoms with E-state index in [0.29, 0.717) is 21.9 Å². The van der Waals surface area contributed by atoms with Crippen LogP contribution in [0.5, 0.6) is 0 Å². The van der Waals surface area contributed by atoms with Crippen LogP contribution in [0.15, 0.2) is 42.6 Å². The van der Waals surface area contributed by atoms with E-state index in [2.05, 4.69) is 10.3 Å². The third-order valence-corrected chi connectivity index (χ3v) is 5.43. The van der Waals surface area contributed by atoms with E-state index in [4.69, 9.17) is 11.6 Å². The molecule has 1 aromatic carbocycles. The third-order valence-electron chi connectivity index (χ3n) is 5.03. The Labute approximate surface area is 168 Å². The molecule has 3 heterocycles. The van der Waals surface area contributed by atoms with Gasteiger partial charge in [-0.3, -0.25) is 14.0 Å². The second-order valence-corrected chi connectivity index (χ2v) is 7.42. The van der Waals surface area contributed by atoms with Gasteiger partial charge in [-0.15, -0.1) is 0 Å². The minimum Gasteiger partial charge on any atom is -0.337 e. The molecule has 7 heteroatoms. The molecule has 4 rings (SSSR count). The monoisotopic (exact) mass is 396 g/mol. The van der Waals surface area contributed by atoms with Crippen LogP contribution in [0.2, 0.25) is 5.02 Å². The lowest BCUT2D eigenvalue weighted by atomic mass is 10.1. The molecule has 6 nitrogen and oxygen atoms in total. The number of imidazole rings is 1. The first-order valence-corrected chi connectivity index (χ1v) is 9.76. The van der Waals surface area contributed by atoms with Crippen molar-refractivity contribution in [3.05, 3.63) is 64.7 Å². The van der Waals surface area contributed by atoms with E-state index in [1.807, 2.05) is 36.1 Å². The van der Waals surface area contributed by atoms with Gasteiger partial charge in [0.15, 0.2) is 5.69 Å². The molecule has 1 aliphatic rings. The minimum absolute atomic E-state index is 0.124. The van der Waals surface area contributed by atoms with Gasteiger partial charge in [-0.2, -0.15) is 0 Å². The lowest BCUT2D eigenvalue weighted by Crippen LogP contribution is -2.36. The Balaban J connectivity index is 1.68. The van der Waals surface area contributed by atoms with E-state index in [1.54, 1.807) is 22.7 Å². The number of carbonyl (C=O) groups excluding carboxylic acids is 2. The molecule has 0 bridgehead atoms. The zero-order chi connectivity index (χ0) is 19.7. The summed E-state index contributed by atoms with van der Waals surface area (Å²) in [6, 6.07) is 10.8. The molecule has 1 aliphatic heterocycles. The van der Waals surface area contributed by atoms with Crippen LogP contribution in [0, 0.1) is 6.92 Å². The number of amides is 2. The summed E-state index contributed by atoms with van der Waals surface area (Å²) in [5.41, 5.74) is 2.46. The number of pyridine rings is 1. The molecule has 0 aliphatic carbocycles. The van der Waals surface area contributed by atoms with Crippen LogP contribution in [0.4, 0.5) is 5.69 Å². The second kappa shape index (κ2) is 7.64. The zero-order valence-electron chi connectivity index (χ0n) is 15.6. The number of aromatic nitrogens is 2.